The number of ether oxygens (including phenoxy) is 1. The maximum absolute atomic E-state index is 5.25. The Morgan fingerprint density at radius 2 is 2.00 bits per heavy atom. The summed E-state index contributed by atoms with van der Waals surface area (Å²) in [6.07, 6.45) is 4.91. The van der Waals surface area contributed by atoms with Crippen LogP contribution in [0.15, 0.2) is 42.3 Å². The summed E-state index contributed by atoms with van der Waals surface area (Å²) in [5, 5.41) is 13.4. The highest BCUT2D eigenvalue weighted by Gasteiger charge is 2.13. The second-order valence-electron chi connectivity index (χ2n) is 5.74. The molecule has 3 heterocycles. The molecule has 0 aliphatic carbocycles. The Balaban J connectivity index is 1.55. The lowest BCUT2D eigenvalue weighted by atomic mass is 10.1. The Kier molecular flexibility index (Phi) is 4.74. The Labute approximate surface area is 154 Å². The van der Waals surface area contributed by atoms with Crippen LogP contribution < -0.4 is 10.1 Å². The van der Waals surface area contributed by atoms with Crippen molar-refractivity contribution < 1.29 is 4.74 Å². The minimum atomic E-state index is 0.796. The van der Waals surface area contributed by atoms with Crippen molar-refractivity contribution in [1.29, 1.82) is 0 Å². The van der Waals surface area contributed by atoms with E-state index in [1.807, 2.05) is 12.1 Å². The third kappa shape index (κ3) is 3.36. The van der Waals surface area contributed by atoms with E-state index in [-0.39, 0.29) is 0 Å². The number of benzene rings is 1. The van der Waals surface area contributed by atoms with E-state index in [9.17, 15) is 0 Å². The van der Waals surface area contributed by atoms with Gasteiger partial charge in [-0.25, -0.2) is 15.0 Å². The van der Waals surface area contributed by atoms with Gasteiger partial charge in [0.25, 0.3) is 0 Å². The van der Waals surface area contributed by atoms with Crippen LogP contribution in [-0.2, 0) is 6.42 Å². The number of aromatic amines is 1. The van der Waals surface area contributed by atoms with Gasteiger partial charge in [-0.3, -0.25) is 5.10 Å². The Morgan fingerprint density at radius 1 is 1.12 bits per heavy atom. The van der Waals surface area contributed by atoms with Gasteiger partial charge in [-0.05, 0) is 24.1 Å². The minimum absolute atomic E-state index is 0.796. The van der Waals surface area contributed by atoms with Crippen LogP contribution in [-0.4, -0.2) is 38.8 Å². The molecule has 132 valence electrons. The van der Waals surface area contributed by atoms with Crippen LogP contribution in [0.25, 0.3) is 21.3 Å². The SMILES string of the molecule is COc1ccc(-c2csc3ncnc(NCCCc4ncn[nH]4)c23)cc1. The number of aryl methyl sites for hydroxylation is 1. The van der Waals surface area contributed by atoms with E-state index in [0.717, 1.165) is 58.1 Å². The molecule has 26 heavy (non-hydrogen) atoms. The molecule has 8 heteroatoms. The molecule has 2 N–H and O–H groups in total. The monoisotopic (exact) mass is 366 g/mol. The fraction of sp³-hybridized carbons (Fsp3) is 0.222. The fourth-order valence-corrected chi connectivity index (χ4v) is 3.72. The van der Waals surface area contributed by atoms with Crippen LogP contribution in [0.3, 0.4) is 0 Å². The lowest BCUT2D eigenvalue weighted by Crippen LogP contribution is -2.06. The summed E-state index contributed by atoms with van der Waals surface area (Å²) in [6, 6.07) is 8.04. The molecule has 7 nitrogen and oxygen atoms in total. The van der Waals surface area contributed by atoms with Crippen molar-refractivity contribution in [3.8, 4) is 16.9 Å². The van der Waals surface area contributed by atoms with Crippen LogP contribution in [0, 0.1) is 0 Å². The number of methoxy groups -OCH3 is 1. The first kappa shape index (κ1) is 16.5. The summed E-state index contributed by atoms with van der Waals surface area (Å²) in [7, 11) is 1.67. The molecule has 0 atom stereocenters. The molecule has 0 saturated carbocycles. The number of anilines is 1. The number of nitrogens with zero attached hydrogens (tertiary/aromatic N) is 4. The minimum Gasteiger partial charge on any atom is -0.497 e. The first-order valence-corrected chi connectivity index (χ1v) is 9.18. The number of fused-ring (bicyclic) bond motifs is 1. The third-order valence-electron chi connectivity index (χ3n) is 4.12. The summed E-state index contributed by atoms with van der Waals surface area (Å²) in [5.74, 6) is 2.60. The predicted molar refractivity (Wildman–Crippen MR) is 103 cm³/mol. The van der Waals surface area contributed by atoms with Crippen molar-refractivity contribution in [2.75, 3.05) is 19.0 Å². The standard InChI is InChI=1S/C18H18N6OS/c1-25-13-6-4-12(5-7-13)14-9-26-18-16(14)17(21-10-22-18)19-8-2-3-15-20-11-23-24-15/h4-7,9-11H,2-3,8H2,1H3,(H,19,21,22)(H,20,23,24). The van der Waals surface area contributed by atoms with Crippen molar-refractivity contribution in [1.82, 2.24) is 25.1 Å². The molecule has 0 unspecified atom stereocenters. The Morgan fingerprint density at radius 3 is 2.77 bits per heavy atom. The van der Waals surface area contributed by atoms with E-state index < -0.39 is 0 Å². The molecule has 4 rings (SSSR count). The maximum atomic E-state index is 5.25. The quantitative estimate of drug-likeness (QED) is 0.487. The zero-order chi connectivity index (χ0) is 17.8. The van der Waals surface area contributed by atoms with E-state index >= 15 is 0 Å². The number of aromatic nitrogens is 5. The number of nitrogens with one attached hydrogen (secondary N) is 2. The van der Waals surface area contributed by atoms with Gasteiger partial charge in [0.2, 0.25) is 0 Å². The third-order valence-corrected chi connectivity index (χ3v) is 5.01. The molecule has 0 radical (unpaired) electrons. The molecule has 0 bridgehead atoms. The molecule has 0 saturated heterocycles. The first-order valence-electron chi connectivity index (χ1n) is 8.30. The molecule has 4 aromatic rings. The summed E-state index contributed by atoms with van der Waals surface area (Å²) in [4.78, 5) is 14.0. The average molecular weight is 366 g/mol. The lowest BCUT2D eigenvalue weighted by molar-refractivity contribution is 0.415. The summed E-state index contributed by atoms with van der Waals surface area (Å²) >= 11 is 1.62. The van der Waals surface area contributed by atoms with Crippen molar-refractivity contribution in [2.45, 2.75) is 12.8 Å². The van der Waals surface area contributed by atoms with Gasteiger partial charge < -0.3 is 10.1 Å². The summed E-state index contributed by atoms with van der Waals surface area (Å²) in [5.41, 5.74) is 2.25. The molecule has 0 fully saturated rings. The normalized spacial score (nSPS) is 11.0. The Hall–Kier alpha value is -3.00. The van der Waals surface area contributed by atoms with Crippen LogP contribution in [0.5, 0.6) is 5.75 Å². The molecule has 0 spiro atoms. The number of hydrogen-bond acceptors (Lipinski definition) is 7. The van der Waals surface area contributed by atoms with Gasteiger partial charge in [0.15, 0.2) is 0 Å². The highest BCUT2D eigenvalue weighted by atomic mass is 32.1. The molecular weight excluding hydrogens is 348 g/mol. The second kappa shape index (κ2) is 7.49. The van der Waals surface area contributed by atoms with Gasteiger partial charge >= 0.3 is 0 Å². The lowest BCUT2D eigenvalue weighted by Gasteiger charge is -2.08. The number of H-pyrrole nitrogens is 1. The van der Waals surface area contributed by atoms with Crippen LogP contribution in [0.4, 0.5) is 5.82 Å². The predicted octanol–water partition coefficient (Wildman–Crippen LogP) is 3.53. The largest absolute Gasteiger partial charge is 0.497 e. The van der Waals surface area contributed by atoms with Crippen molar-refractivity contribution >= 4 is 27.4 Å². The number of thiophene rings is 1. The maximum Gasteiger partial charge on any atom is 0.138 e. The van der Waals surface area contributed by atoms with E-state index in [1.54, 1.807) is 24.8 Å². The highest BCUT2D eigenvalue weighted by Crippen LogP contribution is 2.36. The highest BCUT2D eigenvalue weighted by molar-refractivity contribution is 7.17. The molecular formula is C18H18N6OS. The van der Waals surface area contributed by atoms with Crippen LogP contribution in [0.2, 0.25) is 0 Å². The summed E-state index contributed by atoms with van der Waals surface area (Å²) in [6.45, 7) is 0.796. The van der Waals surface area contributed by atoms with Gasteiger partial charge in [-0.15, -0.1) is 11.3 Å². The van der Waals surface area contributed by atoms with Crippen LogP contribution >= 0.6 is 11.3 Å². The van der Waals surface area contributed by atoms with Crippen LogP contribution in [0.1, 0.15) is 12.2 Å². The molecule has 0 amide bonds. The topological polar surface area (TPSA) is 88.6 Å². The van der Waals surface area contributed by atoms with Gasteiger partial charge in [-0.1, -0.05) is 12.1 Å². The average Bonchev–Trinajstić information content (AvgIpc) is 3.35. The number of hydrogen-bond donors (Lipinski definition) is 2. The summed E-state index contributed by atoms with van der Waals surface area (Å²) < 4.78 is 5.25. The Bertz CT molecular complexity index is 981. The van der Waals surface area contributed by atoms with Gasteiger partial charge in [0.05, 0.1) is 12.5 Å². The fourth-order valence-electron chi connectivity index (χ4n) is 2.81. The van der Waals surface area contributed by atoms with Crippen molar-refractivity contribution in [2.24, 2.45) is 0 Å². The molecule has 0 aliphatic heterocycles. The van der Waals surface area contributed by atoms with Gasteiger partial charge in [0.1, 0.15) is 34.9 Å². The van der Waals surface area contributed by atoms with E-state index in [4.69, 9.17) is 4.74 Å². The van der Waals surface area contributed by atoms with E-state index in [1.165, 1.54) is 6.33 Å². The zero-order valence-electron chi connectivity index (χ0n) is 14.3. The van der Waals surface area contributed by atoms with E-state index in [0.29, 0.717) is 0 Å². The second-order valence-corrected chi connectivity index (χ2v) is 6.60. The smallest absolute Gasteiger partial charge is 0.138 e. The van der Waals surface area contributed by atoms with E-state index in [2.05, 4.69) is 48.0 Å². The van der Waals surface area contributed by atoms with Gasteiger partial charge in [-0.2, -0.15) is 5.10 Å². The molecule has 1 aromatic carbocycles. The number of rotatable bonds is 7. The first-order chi connectivity index (χ1) is 12.8. The molecule has 0 aliphatic rings. The van der Waals surface area contributed by atoms with Crippen molar-refractivity contribution in [3.05, 3.63) is 48.1 Å². The van der Waals surface area contributed by atoms with Gasteiger partial charge in [0, 0.05) is 23.9 Å². The zero-order valence-corrected chi connectivity index (χ0v) is 15.1. The van der Waals surface area contributed by atoms with Crippen molar-refractivity contribution in [3.63, 3.8) is 0 Å². The molecule has 3 aromatic heterocycles.